The molecular weight excluding hydrogens is 236 g/mol. The van der Waals surface area contributed by atoms with E-state index in [1.165, 1.54) is 11.1 Å². The topological polar surface area (TPSA) is 29.5 Å². The van der Waals surface area contributed by atoms with E-state index in [1.807, 2.05) is 0 Å². The second-order valence-corrected chi connectivity index (χ2v) is 5.96. The molecule has 0 saturated carbocycles. The van der Waals surface area contributed by atoms with Gasteiger partial charge < -0.3 is 9.84 Å². The highest BCUT2D eigenvalue weighted by Gasteiger charge is 2.25. The van der Waals surface area contributed by atoms with Gasteiger partial charge in [-0.2, -0.15) is 0 Å². The highest BCUT2D eigenvalue weighted by atomic mass is 16.5. The Balaban J connectivity index is 4.09. The van der Waals surface area contributed by atoms with Crippen LogP contribution >= 0.6 is 0 Å². The van der Waals surface area contributed by atoms with Gasteiger partial charge in [0.1, 0.15) is 0 Å². The fraction of sp³-hybridized carbons (Fsp3) is 0.765. The molecule has 0 aromatic rings. The maximum absolute atomic E-state index is 9.95. The summed E-state index contributed by atoms with van der Waals surface area (Å²) in [6.07, 6.45) is 9.72. The predicted molar refractivity (Wildman–Crippen MR) is 83.4 cm³/mol. The first-order valence-electron chi connectivity index (χ1n) is 7.37. The molecular formula is C17H32O2. The predicted octanol–water partition coefficient (Wildman–Crippen LogP) is 4.64. The van der Waals surface area contributed by atoms with Gasteiger partial charge in [-0.1, -0.05) is 30.2 Å². The third kappa shape index (κ3) is 9.01. The zero-order chi connectivity index (χ0) is 14.9. The average molecular weight is 268 g/mol. The smallest absolute Gasteiger partial charge is 0.0855 e. The van der Waals surface area contributed by atoms with Crippen LogP contribution in [0.2, 0.25) is 0 Å². The van der Waals surface area contributed by atoms with Crippen molar-refractivity contribution in [3.05, 3.63) is 23.3 Å². The highest BCUT2D eigenvalue weighted by molar-refractivity contribution is 5.03. The van der Waals surface area contributed by atoms with Crippen molar-refractivity contribution in [2.75, 3.05) is 7.11 Å². The van der Waals surface area contributed by atoms with E-state index in [4.69, 9.17) is 4.74 Å². The van der Waals surface area contributed by atoms with Gasteiger partial charge in [-0.15, -0.1) is 0 Å². The van der Waals surface area contributed by atoms with E-state index >= 15 is 0 Å². The van der Waals surface area contributed by atoms with Gasteiger partial charge in [0.15, 0.2) is 0 Å². The molecule has 0 spiro atoms. The molecule has 0 fully saturated rings. The quantitative estimate of drug-likeness (QED) is 0.617. The Labute approximate surface area is 119 Å². The van der Waals surface area contributed by atoms with E-state index in [1.54, 1.807) is 21.0 Å². The van der Waals surface area contributed by atoms with Crippen molar-refractivity contribution in [3.63, 3.8) is 0 Å². The van der Waals surface area contributed by atoms with Crippen LogP contribution in [0, 0.1) is 0 Å². The monoisotopic (exact) mass is 268 g/mol. The molecule has 1 unspecified atom stereocenters. The summed E-state index contributed by atoms with van der Waals surface area (Å²) < 4.78 is 5.35. The van der Waals surface area contributed by atoms with Crippen LogP contribution in [-0.2, 0) is 4.74 Å². The van der Waals surface area contributed by atoms with Crippen molar-refractivity contribution < 1.29 is 9.84 Å². The molecule has 112 valence electrons. The van der Waals surface area contributed by atoms with Crippen molar-refractivity contribution in [1.82, 2.24) is 0 Å². The lowest BCUT2D eigenvalue weighted by Crippen LogP contribution is -2.37. The Kier molecular flexibility index (Phi) is 9.03. The van der Waals surface area contributed by atoms with Crippen LogP contribution < -0.4 is 0 Å². The minimum Gasteiger partial charge on any atom is -0.388 e. The fourth-order valence-electron chi connectivity index (χ4n) is 2.22. The number of hydrogen-bond donors (Lipinski definition) is 1. The van der Waals surface area contributed by atoms with Crippen LogP contribution in [0.5, 0.6) is 0 Å². The maximum Gasteiger partial charge on any atom is 0.0855 e. The van der Waals surface area contributed by atoms with Gasteiger partial charge in [0, 0.05) is 7.11 Å². The zero-order valence-corrected chi connectivity index (χ0v) is 13.6. The summed E-state index contributed by atoms with van der Waals surface area (Å²) in [5.74, 6) is 0. The molecule has 2 nitrogen and oxygen atoms in total. The van der Waals surface area contributed by atoms with Gasteiger partial charge in [0.2, 0.25) is 0 Å². The van der Waals surface area contributed by atoms with E-state index in [-0.39, 0.29) is 6.10 Å². The summed E-state index contributed by atoms with van der Waals surface area (Å²) >= 11 is 0. The first-order valence-corrected chi connectivity index (χ1v) is 7.37. The lowest BCUT2D eigenvalue weighted by Gasteiger charge is -2.28. The van der Waals surface area contributed by atoms with E-state index in [2.05, 4.69) is 32.9 Å². The highest BCUT2D eigenvalue weighted by Crippen LogP contribution is 2.20. The third-order valence-electron chi connectivity index (χ3n) is 3.46. The molecule has 0 aliphatic heterocycles. The van der Waals surface area contributed by atoms with E-state index in [0.29, 0.717) is 0 Å². The molecule has 0 aliphatic rings. The first-order chi connectivity index (χ1) is 8.81. The van der Waals surface area contributed by atoms with E-state index in [0.717, 1.165) is 32.1 Å². The first kappa shape index (κ1) is 18.4. The Morgan fingerprint density at radius 2 is 1.74 bits per heavy atom. The second kappa shape index (κ2) is 9.33. The van der Waals surface area contributed by atoms with Crippen LogP contribution in [0.4, 0.5) is 0 Å². The summed E-state index contributed by atoms with van der Waals surface area (Å²) in [6, 6.07) is 0. The second-order valence-electron chi connectivity index (χ2n) is 5.96. The van der Waals surface area contributed by atoms with Crippen LogP contribution in [0.3, 0.4) is 0 Å². The maximum atomic E-state index is 9.95. The molecule has 0 saturated heterocycles. The molecule has 0 amide bonds. The number of hydrogen-bond acceptors (Lipinski definition) is 2. The summed E-state index contributed by atoms with van der Waals surface area (Å²) in [5.41, 5.74) is 2.09. The number of ether oxygens (including phenoxy) is 1. The Morgan fingerprint density at radius 3 is 2.21 bits per heavy atom. The van der Waals surface area contributed by atoms with Crippen molar-refractivity contribution >= 4 is 0 Å². The average Bonchev–Trinajstić information content (AvgIpc) is 2.28. The Bertz CT molecular complexity index is 295. The SMILES string of the molecule is CC/C=C(\C)CC/C=C(\C)CCC(OC)C(C)(C)O. The summed E-state index contributed by atoms with van der Waals surface area (Å²) in [4.78, 5) is 0. The molecule has 0 aromatic carbocycles. The third-order valence-corrected chi connectivity index (χ3v) is 3.46. The minimum atomic E-state index is -0.768. The van der Waals surface area contributed by atoms with Crippen LogP contribution in [0.25, 0.3) is 0 Å². The van der Waals surface area contributed by atoms with Crippen LogP contribution in [0.1, 0.15) is 66.7 Å². The van der Waals surface area contributed by atoms with Gasteiger partial charge in [-0.05, 0) is 59.8 Å². The molecule has 0 bridgehead atoms. The number of methoxy groups -OCH3 is 1. The lowest BCUT2D eigenvalue weighted by molar-refractivity contribution is -0.0728. The minimum absolute atomic E-state index is 0.0995. The van der Waals surface area contributed by atoms with Gasteiger partial charge >= 0.3 is 0 Å². The molecule has 0 aliphatic carbocycles. The Morgan fingerprint density at radius 1 is 1.16 bits per heavy atom. The van der Waals surface area contributed by atoms with E-state index < -0.39 is 5.60 Å². The molecule has 0 radical (unpaired) electrons. The summed E-state index contributed by atoms with van der Waals surface area (Å²) in [5, 5.41) is 9.95. The van der Waals surface area contributed by atoms with Crippen LogP contribution in [0.15, 0.2) is 23.3 Å². The van der Waals surface area contributed by atoms with Gasteiger partial charge in [-0.25, -0.2) is 0 Å². The normalized spacial score (nSPS) is 15.7. The molecule has 0 heterocycles. The van der Waals surface area contributed by atoms with Gasteiger partial charge in [0.25, 0.3) is 0 Å². The standard InChI is InChI=1S/C17H32O2/c1-7-9-14(2)10-8-11-15(3)12-13-16(19-6)17(4,5)18/h9,11,16,18H,7-8,10,12-13H2,1-6H3/b14-9+,15-11+. The van der Waals surface area contributed by atoms with Crippen molar-refractivity contribution in [2.24, 2.45) is 0 Å². The molecule has 1 N–H and O–H groups in total. The van der Waals surface area contributed by atoms with E-state index in [9.17, 15) is 5.11 Å². The van der Waals surface area contributed by atoms with Crippen LogP contribution in [-0.4, -0.2) is 23.9 Å². The number of allylic oxidation sites excluding steroid dienone is 4. The molecule has 2 heteroatoms. The largest absolute Gasteiger partial charge is 0.388 e. The number of aliphatic hydroxyl groups is 1. The number of rotatable bonds is 9. The summed E-state index contributed by atoms with van der Waals surface area (Å²) in [7, 11) is 1.67. The summed E-state index contributed by atoms with van der Waals surface area (Å²) in [6.45, 7) is 10.1. The van der Waals surface area contributed by atoms with Crippen molar-refractivity contribution in [2.45, 2.75) is 78.4 Å². The van der Waals surface area contributed by atoms with Gasteiger partial charge in [-0.3, -0.25) is 0 Å². The molecule has 1 atom stereocenters. The molecule has 0 rings (SSSR count). The molecule has 19 heavy (non-hydrogen) atoms. The zero-order valence-electron chi connectivity index (χ0n) is 13.6. The van der Waals surface area contributed by atoms with Gasteiger partial charge in [0.05, 0.1) is 11.7 Å². The lowest BCUT2D eigenvalue weighted by atomic mass is 9.95. The van der Waals surface area contributed by atoms with Crippen molar-refractivity contribution in [3.8, 4) is 0 Å². The fourth-order valence-corrected chi connectivity index (χ4v) is 2.22. The Hall–Kier alpha value is -0.600. The van der Waals surface area contributed by atoms with Crippen molar-refractivity contribution in [1.29, 1.82) is 0 Å². The molecule has 0 aromatic heterocycles.